The Bertz CT molecular complexity index is 89.3. The zero-order valence-corrected chi connectivity index (χ0v) is 8.62. The van der Waals surface area contributed by atoms with Gasteiger partial charge in [-0.2, -0.15) is 0 Å². The van der Waals surface area contributed by atoms with E-state index in [-0.39, 0.29) is 20.1 Å². The lowest BCUT2D eigenvalue weighted by molar-refractivity contribution is 0.0450. The first kappa shape index (κ1) is 22.8. The average Bonchev–Trinajstić information content (AvgIpc) is 2.06. The Labute approximate surface area is 82.0 Å². The molecule has 5 N–H and O–H groups in total. The summed E-state index contributed by atoms with van der Waals surface area (Å²) in [6, 6.07) is 0. The van der Waals surface area contributed by atoms with Crippen molar-refractivity contribution < 1.29 is 22.2 Å². The summed E-state index contributed by atoms with van der Waals surface area (Å²) < 4.78 is 0. The molecule has 0 amide bonds. The van der Waals surface area contributed by atoms with Gasteiger partial charge in [0.25, 0.3) is 0 Å². The van der Waals surface area contributed by atoms with Crippen molar-refractivity contribution in [3.05, 3.63) is 0 Å². The molecule has 0 atom stereocenters. The van der Waals surface area contributed by atoms with Gasteiger partial charge in [0.2, 0.25) is 0 Å². The molecular weight excluding hydrogens is 172 g/mol. The third kappa shape index (κ3) is 87.1. The number of rotatable bonds is 2. The van der Waals surface area contributed by atoms with Gasteiger partial charge in [-0.05, 0) is 6.92 Å². The van der Waals surface area contributed by atoms with Crippen LogP contribution in [0.4, 0.5) is 0 Å². The zero-order chi connectivity index (χ0) is 10.4. The lowest BCUT2D eigenvalue weighted by Crippen LogP contribution is -2.15. The van der Waals surface area contributed by atoms with E-state index >= 15 is 0 Å². The second kappa shape index (κ2) is 30.1. The molecule has 0 saturated heterocycles. The minimum atomic E-state index is -0.954. The van der Waals surface area contributed by atoms with Gasteiger partial charge in [0.05, 0.1) is 13.2 Å². The van der Waals surface area contributed by atoms with Gasteiger partial charge in [-0.1, -0.05) is 20.3 Å². The first-order valence-electron chi connectivity index (χ1n) is 3.91. The van der Waals surface area contributed by atoms with Crippen molar-refractivity contribution in [3.63, 3.8) is 0 Å². The Kier molecular flexibility index (Phi) is 52.9. The topological polar surface area (TPSA) is 92.2 Å². The van der Waals surface area contributed by atoms with Gasteiger partial charge in [-0.3, -0.25) is 0 Å². The summed E-state index contributed by atoms with van der Waals surface area (Å²) in [4.78, 5) is 0. The van der Waals surface area contributed by atoms with Crippen LogP contribution in [0, 0.1) is 12.3 Å². The molecule has 0 aromatic carbocycles. The highest BCUT2D eigenvalue weighted by molar-refractivity contribution is 4.73. The van der Waals surface area contributed by atoms with E-state index in [1.54, 1.807) is 6.92 Å². The van der Waals surface area contributed by atoms with E-state index in [2.05, 4.69) is 26.2 Å². The van der Waals surface area contributed by atoms with Crippen molar-refractivity contribution in [1.29, 1.82) is 0 Å². The summed E-state index contributed by atoms with van der Waals surface area (Å²) in [5, 5.41) is 24.0. The molecule has 0 spiro atoms. The van der Waals surface area contributed by atoms with Gasteiger partial charge in [-0.25, -0.2) is 0 Å². The normalized spacial score (nSPS) is 6.62. The van der Waals surface area contributed by atoms with E-state index < -0.39 is 6.10 Å². The van der Waals surface area contributed by atoms with Crippen LogP contribution >= 0.6 is 0 Å². The van der Waals surface area contributed by atoms with Crippen LogP contribution in [0.1, 0.15) is 28.6 Å². The number of terminal acetylenes is 1. The monoisotopic (exact) mass is 196 g/mol. The number of hydrogen-bond acceptors (Lipinski definition) is 3. The number of hydrogen-bond donors (Lipinski definition) is 3. The molecule has 0 bridgehead atoms. The largest absolute Gasteiger partial charge is 0.412 e. The molecule has 84 valence electrons. The van der Waals surface area contributed by atoms with E-state index in [1.807, 2.05) is 0 Å². The predicted octanol–water partition coefficient (Wildman–Crippen LogP) is -0.191. The van der Waals surface area contributed by atoms with Gasteiger partial charge < -0.3 is 20.8 Å². The van der Waals surface area contributed by atoms with E-state index in [0.717, 1.165) is 0 Å². The Morgan fingerprint density at radius 1 is 1.31 bits per heavy atom. The van der Waals surface area contributed by atoms with Crippen LogP contribution in [0.2, 0.25) is 0 Å². The maximum atomic E-state index is 8.17. The van der Waals surface area contributed by atoms with Crippen LogP contribution < -0.4 is 0 Å². The van der Waals surface area contributed by atoms with Crippen molar-refractivity contribution in [2.45, 2.75) is 33.3 Å². The molecule has 13 heavy (non-hydrogen) atoms. The fraction of sp³-hybridized carbons (Fsp3) is 0.778. The summed E-state index contributed by atoms with van der Waals surface area (Å²) >= 11 is 0. The van der Waals surface area contributed by atoms with Crippen molar-refractivity contribution >= 4 is 0 Å². The third-order valence-corrected chi connectivity index (χ3v) is 0.421. The smallest absolute Gasteiger partial charge is 0.100 e. The fourth-order valence-electron chi connectivity index (χ4n) is 0.0577. The molecule has 0 aliphatic carbocycles. The Morgan fingerprint density at radius 2 is 1.46 bits per heavy atom. The molecule has 4 heteroatoms. The van der Waals surface area contributed by atoms with Crippen LogP contribution in [-0.4, -0.2) is 40.1 Å². The molecule has 0 radical (unpaired) electrons. The third-order valence-electron chi connectivity index (χ3n) is 0.421. The van der Waals surface area contributed by atoms with E-state index in [0.29, 0.717) is 0 Å². The second-order valence-corrected chi connectivity index (χ2v) is 2.01. The molecule has 0 heterocycles. The quantitative estimate of drug-likeness (QED) is 0.534. The molecule has 0 fully saturated rings. The zero-order valence-electron chi connectivity index (χ0n) is 8.62. The number of aliphatic hydroxyl groups is 3. The van der Waals surface area contributed by atoms with E-state index in [1.165, 1.54) is 6.42 Å². The molecule has 0 unspecified atom stereocenters. The summed E-state index contributed by atoms with van der Waals surface area (Å²) in [7, 11) is 0. The lowest BCUT2D eigenvalue weighted by atomic mass is 10.4. The highest BCUT2D eigenvalue weighted by atomic mass is 16.3. The standard InChI is InChI=1S/C3H8O3.C3H8.C3H4.H2O.H2/c4-1-3(6)2-5;2*1-3-2;;/h3-6H,1-2H2;3H2,1-2H3;1H,2H3;1H2;1H. The molecular formula is C9H24O4. The van der Waals surface area contributed by atoms with Crippen LogP contribution in [0.25, 0.3) is 0 Å². The van der Waals surface area contributed by atoms with Gasteiger partial charge in [0.15, 0.2) is 0 Å². The summed E-state index contributed by atoms with van der Waals surface area (Å²) in [6.45, 7) is 5.17. The van der Waals surface area contributed by atoms with E-state index in [9.17, 15) is 0 Å². The molecule has 0 aromatic heterocycles. The minimum Gasteiger partial charge on any atom is -0.412 e. The van der Waals surface area contributed by atoms with Crippen molar-refractivity contribution in [2.24, 2.45) is 0 Å². The first-order valence-corrected chi connectivity index (χ1v) is 3.91. The second-order valence-electron chi connectivity index (χ2n) is 2.01. The molecule has 0 aliphatic heterocycles. The number of aliphatic hydroxyl groups excluding tert-OH is 3. The van der Waals surface area contributed by atoms with Gasteiger partial charge in [0, 0.05) is 1.43 Å². The van der Waals surface area contributed by atoms with Crippen molar-refractivity contribution in [3.8, 4) is 12.3 Å². The highest BCUT2D eigenvalue weighted by Gasteiger charge is 1.93. The molecule has 0 rings (SSSR count). The predicted molar refractivity (Wildman–Crippen MR) is 56.4 cm³/mol. The maximum Gasteiger partial charge on any atom is 0.100 e. The Balaban J connectivity index is -0.0000000297. The van der Waals surface area contributed by atoms with Crippen molar-refractivity contribution in [1.82, 2.24) is 0 Å². The average molecular weight is 196 g/mol. The van der Waals surface area contributed by atoms with Crippen molar-refractivity contribution in [2.75, 3.05) is 13.2 Å². The van der Waals surface area contributed by atoms with Crippen LogP contribution in [0.3, 0.4) is 0 Å². The molecule has 0 aromatic rings. The van der Waals surface area contributed by atoms with Crippen LogP contribution in [-0.2, 0) is 0 Å². The minimum absolute atomic E-state index is 0. The molecule has 4 nitrogen and oxygen atoms in total. The summed E-state index contributed by atoms with van der Waals surface area (Å²) in [6.07, 6.45) is 4.89. The van der Waals surface area contributed by atoms with Gasteiger partial charge in [0.1, 0.15) is 6.10 Å². The summed E-state index contributed by atoms with van der Waals surface area (Å²) in [5.41, 5.74) is 0. The lowest BCUT2D eigenvalue weighted by Gasteiger charge is -1.96. The van der Waals surface area contributed by atoms with Gasteiger partial charge >= 0.3 is 0 Å². The van der Waals surface area contributed by atoms with Crippen LogP contribution in [0.15, 0.2) is 0 Å². The molecule has 0 saturated carbocycles. The fourth-order valence-corrected chi connectivity index (χ4v) is 0.0577. The first-order chi connectivity index (χ1) is 5.64. The van der Waals surface area contributed by atoms with Gasteiger partial charge in [-0.15, -0.1) is 12.3 Å². The maximum absolute atomic E-state index is 8.17. The molecule has 0 aliphatic rings. The summed E-state index contributed by atoms with van der Waals surface area (Å²) in [5.74, 6) is 2.25. The van der Waals surface area contributed by atoms with Crippen LogP contribution in [0.5, 0.6) is 0 Å². The highest BCUT2D eigenvalue weighted by Crippen LogP contribution is 1.71. The Morgan fingerprint density at radius 3 is 1.46 bits per heavy atom. The van der Waals surface area contributed by atoms with E-state index in [4.69, 9.17) is 15.3 Å². The Hall–Kier alpha value is -0.600. The SMILES string of the molecule is C#CC.CCC.O.OCC(O)CO.[HH].